The van der Waals surface area contributed by atoms with Crippen LogP contribution in [0, 0.1) is 0 Å². The lowest BCUT2D eigenvalue weighted by molar-refractivity contribution is 0.648. The van der Waals surface area contributed by atoms with Gasteiger partial charge in [-0.05, 0) is 41.6 Å². The number of thiophene rings is 1. The van der Waals surface area contributed by atoms with E-state index in [0.717, 1.165) is 18.3 Å². The lowest BCUT2D eigenvalue weighted by Crippen LogP contribution is -2.20. The second kappa shape index (κ2) is 5.23. The Morgan fingerprint density at radius 2 is 2.33 bits per heavy atom. The molecule has 0 N–H and O–H groups in total. The van der Waals surface area contributed by atoms with Crippen molar-refractivity contribution in [3.8, 4) is 0 Å². The van der Waals surface area contributed by atoms with E-state index in [1.807, 2.05) is 17.8 Å². The number of allylic oxidation sites excluding steroid dienone is 1. The number of hydrogen-bond donors (Lipinski definition) is 0. The molecule has 0 spiro atoms. The summed E-state index contributed by atoms with van der Waals surface area (Å²) >= 11 is 5.36. The summed E-state index contributed by atoms with van der Waals surface area (Å²) < 4.78 is 1.35. The summed E-state index contributed by atoms with van der Waals surface area (Å²) in [5.74, 6) is 0. The average molecular weight is 331 g/mol. The lowest BCUT2D eigenvalue weighted by Gasteiger charge is -2.18. The van der Waals surface area contributed by atoms with Crippen molar-refractivity contribution in [2.75, 3.05) is 19.3 Å². The first kappa shape index (κ1) is 13.5. The summed E-state index contributed by atoms with van der Waals surface area (Å²) in [6, 6.07) is 6.82. The maximum atomic E-state index is 4.58. The number of fused-ring (bicyclic) bond motifs is 2. The highest BCUT2D eigenvalue weighted by molar-refractivity contribution is 8.17. The van der Waals surface area contributed by atoms with Crippen molar-refractivity contribution in [1.29, 1.82) is 0 Å². The Morgan fingerprint density at radius 3 is 3.14 bits per heavy atom. The van der Waals surface area contributed by atoms with Gasteiger partial charge in [-0.3, -0.25) is 4.99 Å². The van der Waals surface area contributed by atoms with Gasteiger partial charge in [-0.2, -0.15) is 0 Å². The summed E-state index contributed by atoms with van der Waals surface area (Å²) in [4.78, 5) is 9.47. The van der Waals surface area contributed by atoms with Gasteiger partial charge in [0.2, 0.25) is 0 Å². The first-order valence-corrected chi connectivity index (χ1v) is 9.66. The maximum absolute atomic E-state index is 4.58. The van der Waals surface area contributed by atoms with Gasteiger partial charge in [-0.1, -0.05) is 12.7 Å². The fourth-order valence-corrected chi connectivity index (χ4v) is 5.39. The van der Waals surface area contributed by atoms with Crippen molar-refractivity contribution < 1.29 is 0 Å². The van der Waals surface area contributed by atoms with E-state index < -0.39 is 0 Å². The van der Waals surface area contributed by atoms with Crippen molar-refractivity contribution in [1.82, 2.24) is 4.90 Å². The first-order valence-electron chi connectivity index (χ1n) is 6.74. The number of hydrogen-bond acceptors (Lipinski definition) is 5. The molecule has 0 atom stereocenters. The molecule has 3 heterocycles. The van der Waals surface area contributed by atoms with Crippen LogP contribution < -0.4 is 0 Å². The quantitative estimate of drug-likeness (QED) is 0.745. The van der Waals surface area contributed by atoms with Crippen molar-refractivity contribution in [2.45, 2.75) is 4.90 Å². The van der Waals surface area contributed by atoms with Crippen molar-refractivity contribution in [2.24, 2.45) is 4.99 Å². The van der Waals surface area contributed by atoms with Gasteiger partial charge >= 0.3 is 0 Å². The number of thioether (sulfide) groups is 2. The molecule has 2 nitrogen and oxygen atoms in total. The zero-order valence-electron chi connectivity index (χ0n) is 11.6. The van der Waals surface area contributed by atoms with Gasteiger partial charge in [-0.15, -0.1) is 23.1 Å². The first-order chi connectivity index (χ1) is 10.3. The lowest BCUT2D eigenvalue weighted by atomic mass is 10.1. The molecule has 0 saturated heterocycles. The van der Waals surface area contributed by atoms with Crippen LogP contribution in [0.15, 0.2) is 51.0 Å². The van der Waals surface area contributed by atoms with Crippen molar-refractivity contribution in [3.63, 3.8) is 0 Å². The van der Waals surface area contributed by atoms with E-state index in [1.165, 1.54) is 31.1 Å². The van der Waals surface area contributed by atoms with Crippen LogP contribution in [0.2, 0.25) is 0 Å². The zero-order valence-corrected chi connectivity index (χ0v) is 14.1. The third-order valence-electron chi connectivity index (χ3n) is 3.72. The number of nitrogens with zero attached hydrogens (tertiary/aromatic N) is 2. The molecular weight excluding hydrogens is 316 g/mol. The molecule has 2 aromatic rings. The molecule has 2 aliphatic rings. The predicted octanol–water partition coefficient (Wildman–Crippen LogP) is 4.90. The highest BCUT2D eigenvalue weighted by Gasteiger charge is 2.32. The summed E-state index contributed by atoms with van der Waals surface area (Å²) in [5.41, 5.74) is 2.56. The van der Waals surface area contributed by atoms with Crippen LogP contribution in [0.3, 0.4) is 0 Å². The molecule has 0 radical (unpaired) electrons. The topological polar surface area (TPSA) is 15.6 Å². The molecule has 0 saturated carbocycles. The zero-order chi connectivity index (χ0) is 14.4. The molecule has 0 amide bonds. The molecule has 0 bridgehead atoms. The Morgan fingerprint density at radius 1 is 1.43 bits per heavy atom. The Labute approximate surface area is 136 Å². The Kier molecular flexibility index (Phi) is 3.36. The van der Waals surface area contributed by atoms with Gasteiger partial charge in [0.05, 0.1) is 12.2 Å². The van der Waals surface area contributed by atoms with Gasteiger partial charge in [0, 0.05) is 32.0 Å². The molecule has 106 valence electrons. The molecule has 1 aromatic carbocycles. The van der Waals surface area contributed by atoms with Crippen LogP contribution in [0.1, 0.15) is 5.56 Å². The van der Waals surface area contributed by atoms with Gasteiger partial charge < -0.3 is 4.90 Å². The van der Waals surface area contributed by atoms with Crippen LogP contribution in [-0.4, -0.2) is 29.4 Å². The second-order valence-corrected chi connectivity index (χ2v) is 7.65. The number of amidine groups is 1. The standard InChI is InChI=1S/C16H14N2S3/c1-3-12-15(18-6-5-17-16(18)21-12)10-8-13(19-2)11-4-7-20-14(11)9-10/h3-4,7-9H,1,5-6H2,2H3. The molecule has 0 unspecified atom stereocenters. The molecule has 4 rings (SSSR count). The van der Waals surface area contributed by atoms with Gasteiger partial charge in [0.1, 0.15) is 0 Å². The fourth-order valence-electron chi connectivity index (χ4n) is 2.78. The van der Waals surface area contributed by atoms with E-state index in [1.54, 1.807) is 23.1 Å². The molecule has 2 aliphatic heterocycles. The maximum Gasteiger partial charge on any atom is 0.168 e. The number of aliphatic imine (C=N–C) groups is 1. The van der Waals surface area contributed by atoms with Crippen LogP contribution in [0.4, 0.5) is 0 Å². The normalized spacial score (nSPS) is 17.6. The van der Waals surface area contributed by atoms with E-state index >= 15 is 0 Å². The third kappa shape index (κ3) is 2.06. The SMILES string of the molecule is C=CC1=C(c2cc(SC)c3ccsc3c2)N2CCN=C2S1. The minimum absolute atomic E-state index is 0.896. The van der Waals surface area contributed by atoms with E-state index in [4.69, 9.17) is 0 Å². The van der Waals surface area contributed by atoms with E-state index in [0.29, 0.717) is 0 Å². The minimum Gasteiger partial charge on any atom is -0.317 e. The monoisotopic (exact) mass is 330 g/mol. The summed E-state index contributed by atoms with van der Waals surface area (Å²) in [7, 11) is 0. The average Bonchev–Trinajstić information content (AvgIpc) is 3.19. The molecule has 1 aromatic heterocycles. The molecule has 0 aliphatic carbocycles. The highest BCUT2D eigenvalue weighted by Crippen LogP contribution is 2.44. The van der Waals surface area contributed by atoms with Crippen molar-refractivity contribution >= 4 is 55.8 Å². The Balaban J connectivity index is 1.92. The smallest absolute Gasteiger partial charge is 0.168 e. The summed E-state index contributed by atoms with van der Waals surface area (Å²) in [6.45, 7) is 5.85. The van der Waals surface area contributed by atoms with Crippen molar-refractivity contribution in [3.05, 3.63) is 46.7 Å². The fraction of sp³-hybridized carbons (Fsp3) is 0.188. The largest absolute Gasteiger partial charge is 0.317 e. The number of benzene rings is 1. The molecule has 5 heteroatoms. The van der Waals surface area contributed by atoms with Crippen LogP contribution in [0.25, 0.3) is 15.8 Å². The molecule has 0 fully saturated rings. The van der Waals surface area contributed by atoms with Crippen LogP contribution in [0.5, 0.6) is 0 Å². The number of rotatable bonds is 3. The Hall–Kier alpha value is -1.17. The third-order valence-corrected chi connectivity index (χ3v) is 6.47. The van der Waals surface area contributed by atoms with Gasteiger partial charge in [-0.25, -0.2) is 0 Å². The highest BCUT2D eigenvalue weighted by atomic mass is 32.2. The van der Waals surface area contributed by atoms with E-state index in [9.17, 15) is 0 Å². The molecular formula is C16H14N2S3. The van der Waals surface area contributed by atoms with Gasteiger partial charge in [0.15, 0.2) is 5.17 Å². The van der Waals surface area contributed by atoms with Gasteiger partial charge in [0.25, 0.3) is 0 Å². The minimum atomic E-state index is 0.896. The van der Waals surface area contributed by atoms with Crippen LogP contribution in [-0.2, 0) is 0 Å². The van der Waals surface area contributed by atoms with Crippen LogP contribution >= 0.6 is 34.9 Å². The second-order valence-electron chi connectivity index (χ2n) is 4.85. The van der Waals surface area contributed by atoms with E-state index in [-0.39, 0.29) is 0 Å². The predicted molar refractivity (Wildman–Crippen MR) is 97.3 cm³/mol. The Bertz CT molecular complexity index is 801. The molecule has 21 heavy (non-hydrogen) atoms. The van der Waals surface area contributed by atoms with E-state index in [2.05, 4.69) is 46.3 Å². The summed E-state index contributed by atoms with van der Waals surface area (Å²) in [6.07, 6.45) is 4.10. The summed E-state index contributed by atoms with van der Waals surface area (Å²) in [5, 5.41) is 4.65.